The van der Waals surface area contributed by atoms with E-state index in [0.29, 0.717) is 11.3 Å². The summed E-state index contributed by atoms with van der Waals surface area (Å²) in [6, 6.07) is 5.02. The van der Waals surface area contributed by atoms with Crippen molar-refractivity contribution >= 4 is 10.9 Å². The number of fused-ring (bicyclic) bond motifs is 1. The maximum atomic E-state index is 13.5. The molecule has 146 valence electrons. The lowest BCUT2D eigenvalue weighted by Crippen LogP contribution is -2.49. The monoisotopic (exact) mass is 379 g/mol. The topological polar surface area (TPSA) is 54.7 Å². The number of aromatic amines is 1. The Morgan fingerprint density at radius 1 is 1.14 bits per heavy atom. The summed E-state index contributed by atoms with van der Waals surface area (Å²) in [7, 11) is 0. The SMILES string of the molecule is Fc1ccc2c(CC[C@H](c3ncno3)C34CC5CC(CC(C5)C3)C4)c[nH]c2c1. The Kier molecular flexibility index (Phi) is 3.69. The van der Waals surface area contributed by atoms with Crippen LogP contribution in [-0.4, -0.2) is 15.1 Å². The van der Waals surface area contributed by atoms with Crippen LogP contribution in [0.3, 0.4) is 0 Å². The molecule has 2 aromatic heterocycles. The molecule has 28 heavy (non-hydrogen) atoms. The highest BCUT2D eigenvalue weighted by Gasteiger charge is 2.55. The van der Waals surface area contributed by atoms with Crippen LogP contribution in [-0.2, 0) is 6.42 Å². The Hall–Kier alpha value is -2.17. The lowest BCUT2D eigenvalue weighted by Gasteiger charge is -2.59. The number of hydrogen-bond acceptors (Lipinski definition) is 3. The highest BCUT2D eigenvalue weighted by molar-refractivity contribution is 5.83. The normalized spacial score (nSPS) is 32.2. The van der Waals surface area contributed by atoms with Crippen LogP contribution < -0.4 is 0 Å². The van der Waals surface area contributed by atoms with Crippen LogP contribution in [0.5, 0.6) is 0 Å². The van der Waals surface area contributed by atoms with Crippen LogP contribution in [0.4, 0.5) is 4.39 Å². The van der Waals surface area contributed by atoms with Gasteiger partial charge in [-0.2, -0.15) is 4.98 Å². The van der Waals surface area contributed by atoms with Crippen molar-refractivity contribution in [3.05, 3.63) is 48.0 Å². The molecule has 3 aromatic rings. The summed E-state index contributed by atoms with van der Waals surface area (Å²) in [6.45, 7) is 0. The quantitative estimate of drug-likeness (QED) is 0.626. The molecule has 1 aromatic carbocycles. The largest absolute Gasteiger partial charge is 0.361 e. The van der Waals surface area contributed by atoms with E-state index in [1.54, 1.807) is 18.5 Å². The van der Waals surface area contributed by atoms with Gasteiger partial charge in [-0.15, -0.1) is 0 Å². The molecule has 0 radical (unpaired) electrons. The number of halogens is 1. The molecule has 4 saturated carbocycles. The van der Waals surface area contributed by atoms with Crippen molar-refractivity contribution in [2.45, 2.75) is 57.3 Å². The summed E-state index contributed by atoms with van der Waals surface area (Å²) in [5, 5.41) is 5.06. The molecule has 0 spiro atoms. The van der Waals surface area contributed by atoms with E-state index in [1.807, 2.05) is 12.3 Å². The predicted octanol–water partition coefficient (Wildman–Crippen LogP) is 5.62. The van der Waals surface area contributed by atoms with Crippen molar-refractivity contribution in [2.24, 2.45) is 23.2 Å². The Balaban J connectivity index is 1.31. The fraction of sp³-hybridized carbons (Fsp3) is 0.565. The summed E-state index contributed by atoms with van der Waals surface area (Å²) >= 11 is 0. The summed E-state index contributed by atoms with van der Waals surface area (Å²) in [5.41, 5.74) is 2.46. The number of aryl methyl sites for hydroxylation is 1. The van der Waals surface area contributed by atoms with Gasteiger partial charge in [-0.3, -0.25) is 0 Å². The smallest absolute Gasteiger partial charge is 0.230 e. The molecule has 1 N–H and O–H groups in total. The van der Waals surface area contributed by atoms with Crippen LogP contribution in [0, 0.1) is 29.0 Å². The van der Waals surface area contributed by atoms with Crippen molar-refractivity contribution in [3.8, 4) is 0 Å². The van der Waals surface area contributed by atoms with Crippen molar-refractivity contribution in [2.75, 3.05) is 0 Å². The van der Waals surface area contributed by atoms with E-state index < -0.39 is 0 Å². The Morgan fingerprint density at radius 2 is 1.89 bits per heavy atom. The molecule has 5 heteroatoms. The molecule has 4 aliphatic carbocycles. The molecule has 4 nitrogen and oxygen atoms in total. The van der Waals surface area contributed by atoms with Crippen LogP contribution in [0.15, 0.2) is 35.2 Å². The van der Waals surface area contributed by atoms with Crippen molar-refractivity contribution in [1.29, 1.82) is 0 Å². The van der Waals surface area contributed by atoms with Gasteiger partial charge in [0.05, 0.1) is 0 Å². The lowest BCUT2D eigenvalue weighted by atomic mass is 9.46. The average Bonchev–Trinajstić information content (AvgIpc) is 3.31. The van der Waals surface area contributed by atoms with Crippen LogP contribution in [0.25, 0.3) is 10.9 Å². The first-order valence-electron chi connectivity index (χ1n) is 10.7. The summed E-state index contributed by atoms with van der Waals surface area (Å²) < 4.78 is 19.2. The van der Waals surface area contributed by atoms with Gasteiger partial charge in [0.25, 0.3) is 0 Å². The van der Waals surface area contributed by atoms with Gasteiger partial charge in [-0.25, -0.2) is 4.39 Å². The van der Waals surface area contributed by atoms with Gasteiger partial charge in [0.15, 0.2) is 6.33 Å². The number of nitrogens with one attached hydrogen (secondary N) is 1. The Bertz CT molecular complexity index is 957. The molecular weight excluding hydrogens is 353 g/mol. The lowest BCUT2D eigenvalue weighted by molar-refractivity contribution is -0.0749. The molecule has 0 aliphatic heterocycles. The van der Waals surface area contributed by atoms with Gasteiger partial charge in [0.2, 0.25) is 5.89 Å². The molecule has 7 rings (SSSR count). The average molecular weight is 379 g/mol. The number of aromatic nitrogens is 3. The first-order valence-corrected chi connectivity index (χ1v) is 10.7. The van der Waals surface area contributed by atoms with Crippen LogP contribution >= 0.6 is 0 Å². The van der Waals surface area contributed by atoms with Crippen molar-refractivity contribution in [3.63, 3.8) is 0 Å². The Labute approximate surface area is 163 Å². The predicted molar refractivity (Wildman–Crippen MR) is 104 cm³/mol. The van der Waals surface area contributed by atoms with E-state index in [1.165, 1.54) is 44.1 Å². The standard InChI is InChI=1S/C23H26FN3O/c24-18-2-3-19-17(12-25-21(19)8-18)1-4-20(22-26-13-27-28-22)23-9-14-5-15(10-23)7-16(6-14)11-23/h2-3,8,12-16,20,25H,1,4-7,9-11H2/t14?,15?,16?,20-,23?/m1/s1. The molecule has 2 heterocycles. The van der Waals surface area contributed by atoms with Crippen molar-refractivity contribution < 1.29 is 8.91 Å². The van der Waals surface area contributed by atoms with Gasteiger partial charge in [-0.05, 0) is 98.3 Å². The zero-order valence-electron chi connectivity index (χ0n) is 16.0. The summed E-state index contributed by atoms with van der Waals surface area (Å²) in [4.78, 5) is 7.74. The number of nitrogens with zero attached hydrogens (tertiary/aromatic N) is 2. The second kappa shape index (κ2) is 6.16. The summed E-state index contributed by atoms with van der Waals surface area (Å²) in [6.07, 6.45) is 13.8. The highest BCUT2D eigenvalue weighted by atomic mass is 19.1. The third-order valence-electron chi connectivity index (χ3n) is 7.93. The number of rotatable bonds is 5. The molecular formula is C23H26FN3O. The van der Waals surface area contributed by atoms with E-state index >= 15 is 0 Å². The summed E-state index contributed by atoms with van der Waals surface area (Å²) in [5.74, 6) is 3.65. The van der Waals surface area contributed by atoms with Gasteiger partial charge in [-0.1, -0.05) is 5.16 Å². The van der Waals surface area contributed by atoms with Crippen LogP contribution in [0.1, 0.15) is 62.3 Å². The minimum atomic E-state index is -0.196. The minimum Gasteiger partial charge on any atom is -0.361 e. The molecule has 4 fully saturated rings. The molecule has 4 aliphatic rings. The first kappa shape index (κ1) is 16.8. The second-order valence-corrected chi connectivity index (χ2v) is 9.65. The first-order chi connectivity index (χ1) is 13.7. The van der Waals surface area contributed by atoms with E-state index in [0.717, 1.165) is 47.4 Å². The fourth-order valence-electron chi connectivity index (χ4n) is 7.30. The third-order valence-corrected chi connectivity index (χ3v) is 7.93. The zero-order chi connectivity index (χ0) is 18.7. The van der Waals surface area contributed by atoms with E-state index in [-0.39, 0.29) is 5.82 Å². The van der Waals surface area contributed by atoms with Gasteiger partial charge in [0, 0.05) is 23.0 Å². The second-order valence-electron chi connectivity index (χ2n) is 9.65. The number of benzene rings is 1. The van der Waals surface area contributed by atoms with E-state index in [2.05, 4.69) is 15.1 Å². The zero-order valence-corrected chi connectivity index (χ0v) is 16.0. The fourth-order valence-corrected chi connectivity index (χ4v) is 7.30. The number of hydrogen-bond donors (Lipinski definition) is 1. The minimum absolute atomic E-state index is 0.196. The van der Waals surface area contributed by atoms with Crippen LogP contribution in [0.2, 0.25) is 0 Å². The molecule has 0 saturated heterocycles. The number of H-pyrrole nitrogens is 1. The molecule has 4 bridgehead atoms. The Morgan fingerprint density at radius 3 is 2.57 bits per heavy atom. The molecule has 0 amide bonds. The molecule has 0 unspecified atom stereocenters. The van der Waals surface area contributed by atoms with E-state index in [9.17, 15) is 4.39 Å². The molecule has 1 atom stereocenters. The van der Waals surface area contributed by atoms with Gasteiger partial charge >= 0.3 is 0 Å². The highest BCUT2D eigenvalue weighted by Crippen LogP contribution is 2.65. The maximum absolute atomic E-state index is 13.5. The van der Waals surface area contributed by atoms with E-state index in [4.69, 9.17) is 4.52 Å². The third kappa shape index (κ3) is 2.62. The maximum Gasteiger partial charge on any atom is 0.230 e. The van der Waals surface area contributed by atoms with Crippen molar-refractivity contribution in [1.82, 2.24) is 15.1 Å². The van der Waals surface area contributed by atoms with Gasteiger partial charge in [0.1, 0.15) is 5.82 Å². The van der Waals surface area contributed by atoms with Gasteiger partial charge < -0.3 is 9.51 Å².